The minimum atomic E-state index is -5.15. The first-order chi connectivity index (χ1) is 2.45. The maximum atomic E-state index is 5.04. The molecule has 0 nitrogen and oxygen atoms in total. The van der Waals surface area contributed by atoms with Crippen molar-refractivity contribution in [1.82, 2.24) is 0 Å². The molecular formula is Cl6KRh. The first-order valence-corrected chi connectivity index (χ1v) is 13.4. The van der Waals surface area contributed by atoms with Crippen LogP contribution in [0.5, 0.6) is 0 Å². The molecule has 0 aromatic carbocycles. The quantitative estimate of drug-likeness (QED) is 0.581. The Labute approximate surface area is 113 Å². The molecule has 52 valence electrons. The maximum Gasteiger partial charge on any atom is 0 e. The Morgan fingerprint density at radius 1 is 0.625 bits per heavy atom. The third kappa shape index (κ3) is 50.6. The summed E-state index contributed by atoms with van der Waals surface area (Å²) in [7, 11) is 30.2. The average Bonchev–Trinajstić information content (AvgIpc) is 0.592. The molecule has 0 aliphatic carbocycles. The fourth-order valence-electron chi connectivity index (χ4n) is 0. The van der Waals surface area contributed by atoms with Gasteiger partial charge in [0.05, 0.1) is 0 Å². The second-order valence-electron chi connectivity index (χ2n) is 0.714. The number of hydrogen-bond donors (Lipinski definition) is 0. The van der Waals surface area contributed by atoms with Gasteiger partial charge in [-0.05, 0) is 0 Å². The number of hydrogen-bond acceptors (Lipinski definition) is 0. The van der Waals surface area contributed by atoms with Crippen LogP contribution in [0.4, 0.5) is 0 Å². The summed E-state index contributed by atoms with van der Waals surface area (Å²) in [5, 5.41) is 0. The van der Waals surface area contributed by atoms with Gasteiger partial charge in [0.25, 0.3) is 0 Å². The van der Waals surface area contributed by atoms with Gasteiger partial charge in [-0.15, -0.1) is 0 Å². The Bertz CT molecular complexity index is 67.1. The van der Waals surface area contributed by atoms with Crippen molar-refractivity contribution in [2.24, 2.45) is 0 Å². The number of halogens is 6. The standard InChI is InChI=1S/6ClH.K.Rh/h6*1H;;/q;;;;;;;+6/p-6. The van der Waals surface area contributed by atoms with E-state index in [-0.39, 0.29) is 51.4 Å². The van der Waals surface area contributed by atoms with Crippen LogP contribution in [-0.2, 0) is 6.48 Å². The zero-order valence-corrected chi connectivity index (χ0v) is 12.9. The summed E-state index contributed by atoms with van der Waals surface area (Å²) >= 11 is 0. The van der Waals surface area contributed by atoms with E-state index in [4.69, 9.17) is 58.1 Å². The summed E-state index contributed by atoms with van der Waals surface area (Å²) in [6, 6.07) is 0. The van der Waals surface area contributed by atoms with Crippen LogP contribution in [0.25, 0.3) is 0 Å². The molecule has 8 heavy (non-hydrogen) atoms. The Morgan fingerprint density at radius 2 is 0.625 bits per heavy atom. The van der Waals surface area contributed by atoms with Crippen LogP contribution in [0.2, 0.25) is 0 Å². The summed E-state index contributed by atoms with van der Waals surface area (Å²) in [5.41, 5.74) is 0. The van der Waals surface area contributed by atoms with Crippen LogP contribution in [0.1, 0.15) is 0 Å². The molecular weight excluding hydrogens is 355 g/mol. The SMILES string of the molecule is [Cl][Rh]([Cl])([Cl])([Cl])([Cl])[Cl].[K]. The Kier molecular flexibility index (Phi) is 5.53. The van der Waals surface area contributed by atoms with E-state index in [9.17, 15) is 0 Å². The minimum absolute atomic E-state index is 0. The van der Waals surface area contributed by atoms with E-state index < -0.39 is 6.48 Å². The zero-order valence-electron chi connectivity index (χ0n) is 3.60. The van der Waals surface area contributed by atoms with E-state index in [1.807, 2.05) is 0 Å². The Balaban J connectivity index is 0. The molecule has 0 N–H and O–H groups in total. The van der Waals surface area contributed by atoms with E-state index >= 15 is 0 Å². The van der Waals surface area contributed by atoms with Crippen molar-refractivity contribution in [2.45, 2.75) is 0 Å². The van der Waals surface area contributed by atoms with E-state index in [0.29, 0.717) is 0 Å². The van der Waals surface area contributed by atoms with Gasteiger partial charge in [0, 0.05) is 51.4 Å². The normalized spacial score (nSPS) is 20.2. The van der Waals surface area contributed by atoms with Gasteiger partial charge in [0.1, 0.15) is 0 Å². The summed E-state index contributed by atoms with van der Waals surface area (Å²) in [4.78, 5) is 0. The molecule has 0 atom stereocenters. The molecule has 0 saturated carbocycles. The molecule has 0 unspecified atom stereocenters. The van der Waals surface area contributed by atoms with Gasteiger partial charge in [-0.3, -0.25) is 0 Å². The predicted molar refractivity (Wildman–Crippen MR) is 40.9 cm³/mol. The van der Waals surface area contributed by atoms with Gasteiger partial charge in [0.2, 0.25) is 0 Å². The Hall–Kier alpha value is 4.00. The number of rotatable bonds is 0. The van der Waals surface area contributed by atoms with Gasteiger partial charge in [-0.2, -0.15) is 0 Å². The van der Waals surface area contributed by atoms with Crippen LogP contribution in [0.15, 0.2) is 0 Å². The molecule has 0 amide bonds. The third-order valence-electron chi connectivity index (χ3n) is 0. The molecule has 0 spiro atoms. The van der Waals surface area contributed by atoms with Crippen LogP contribution >= 0.6 is 58.1 Å². The first-order valence-electron chi connectivity index (χ1n) is 0.756. The third-order valence-corrected chi connectivity index (χ3v) is 0. The summed E-state index contributed by atoms with van der Waals surface area (Å²) in [6.45, 7) is -5.15. The summed E-state index contributed by atoms with van der Waals surface area (Å²) < 4.78 is 0. The fourth-order valence-corrected chi connectivity index (χ4v) is 0. The molecule has 0 rings (SSSR count). The van der Waals surface area contributed by atoms with Crippen molar-refractivity contribution in [3.8, 4) is 0 Å². The fraction of sp³-hybridized carbons (Fsp3) is 0. The second kappa shape index (κ2) is 3.05. The Morgan fingerprint density at radius 3 is 0.625 bits per heavy atom. The van der Waals surface area contributed by atoms with Crippen molar-refractivity contribution in [3.05, 3.63) is 0 Å². The van der Waals surface area contributed by atoms with Crippen LogP contribution < -0.4 is 0 Å². The van der Waals surface area contributed by atoms with Gasteiger partial charge >= 0.3 is 64.6 Å². The van der Waals surface area contributed by atoms with E-state index in [1.54, 1.807) is 0 Å². The van der Waals surface area contributed by atoms with Gasteiger partial charge < -0.3 is 0 Å². The van der Waals surface area contributed by atoms with Gasteiger partial charge in [-0.25, -0.2) is 0 Å². The van der Waals surface area contributed by atoms with E-state index in [2.05, 4.69) is 0 Å². The molecule has 1 radical (unpaired) electrons. The van der Waals surface area contributed by atoms with Crippen molar-refractivity contribution in [3.63, 3.8) is 0 Å². The first kappa shape index (κ1) is 14.5. The molecule has 0 saturated heterocycles. The van der Waals surface area contributed by atoms with E-state index in [1.165, 1.54) is 0 Å². The molecule has 8 heteroatoms. The van der Waals surface area contributed by atoms with Gasteiger partial charge in [-0.1, -0.05) is 0 Å². The minimum Gasteiger partial charge on any atom is 0 e. The smallest absolute Gasteiger partial charge is 0 e. The second-order valence-corrected chi connectivity index (χ2v) is 38.0. The van der Waals surface area contributed by atoms with Crippen LogP contribution in [-0.4, -0.2) is 51.4 Å². The molecule has 0 aromatic heterocycles. The van der Waals surface area contributed by atoms with Crippen molar-refractivity contribution in [1.29, 1.82) is 0 Å². The molecule has 0 bridgehead atoms. The van der Waals surface area contributed by atoms with Crippen molar-refractivity contribution >= 4 is 110 Å². The van der Waals surface area contributed by atoms with Crippen molar-refractivity contribution in [2.75, 3.05) is 0 Å². The molecule has 0 aromatic rings. The summed E-state index contributed by atoms with van der Waals surface area (Å²) in [6.07, 6.45) is 0. The zero-order chi connectivity index (χ0) is 6.41. The van der Waals surface area contributed by atoms with Crippen LogP contribution in [0.3, 0.4) is 0 Å². The largest absolute Gasteiger partial charge is 0 e. The van der Waals surface area contributed by atoms with Gasteiger partial charge in [0.15, 0.2) is 0 Å². The maximum absolute atomic E-state index is 5.15. The van der Waals surface area contributed by atoms with E-state index in [0.717, 1.165) is 0 Å². The van der Waals surface area contributed by atoms with Crippen LogP contribution in [0, 0.1) is 0 Å². The van der Waals surface area contributed by atoms with Crippen molar-refractivity contribution < 1.29 is 6.48 Å². The monoisotopic (exact) mass is 352 g/mol. The molecule has 0 aliphatic heterocycles. The molecule has 0 aliphatic rings. The molecule has 0 heterocycles. The predicted octanol–water partition coefficient (Wildman–Crippen LogP) is 3.75. The molecule has 0 fully saturated rings. The average molecular weight is 355 g/mol. The topological polar surface area (TPSA) is 0 Å². The summed E-state index contributed by atoms with van der Waals surface area (Å²) in [5.74, 6) is 0.